The molecule has 0 radical (unpaired) electrons. The van der Waals surface area contributed by atoms with Crippen LogP contribution in [0.2, 0.25) is 0 Å². The normalized spacial score (nSPS) is 11.3. The summed E-state index contributed by atoms with van der Waals surface area (Å²) in [6.45, 7) is 1.02. The fourth-order valence-corrected chi connectivity index (χ4v) is 0.670. The quantitative estimate of drug-likeness (QED) is 0.549. The van der Waals surface area contributed by atoms with Crippen LogP contribution in [0.5, 0.6) is 0 Å². The van der Waals surface area contributed by atoms with Crippen LogP contribution in [0.1, 0.15) is 26.2 Å². The molecule has 0 aliphatic carbocycles. The number of halogens is 3. The second-order valence-corrected chi connectivity index (χ2v) is 3.54. The molecule has 0 saturated heterocycles. The van der Waals surface area contributed by atoms with Gasteiger partial charge in [0.15, 0.2) is 6.61 Å². The van der Waals surface area contributed by atoms with Crippen LogP contribution in [0.3, 0.4) is 0 Å². The minimum absolute atomic E-state index is 0.208. The van der Waals surface area contributed by atoms with Crippen molar-refractivity contribution in [3.8, 4) is 0 Å². The van der Waals surface area contributed by atoms with E-state index in [2.05, 4.69) is 20.7 Å². The summed E-state index contributed by atoms with van der Waals surface area (Å²) in [6, 6.07) is 0. The molecular weight excluding hydrogens is 234 g/mol. The van der Waals surface area contributed by atoms with E-state index in [0.29, 0.717) is 6.42 Å². The molecule has 5 heteroatoms. The number of unbranched alkanes of at least 4 members (excludes halogenated alkanes) is 1. The Kier molecular flexibility index (Phi) is 5.37. The van der Waals surface area contributed by atoms with Gasteiger partial charge in [-0.2, -0.15) is 8.78 Å². The van der Waals surface area contributed by atoms with Gasteiger partial charge in [-0.3, -0.25) is 4.79 Å². The Morgan fingerprint density at radius 1 is 1.58 bits per heavy atom. The van der Waals surface area contributed by atoms with E-state index in [9.17, 15) is 13.6 Å². The average Bonchev–Trinajstić information content (AvgIpc) is 1.95. The van der Waals surface area contributed by atoms with Crippen LogP contribution in [0.4, 0.5) is 8.78 Å². The van der Waals surface area contributed by atoms with Crippen LogP contribution in [-0.2, 0) is 9.53 Å². The largest absolute Gasteiger partial charge is 0.458 e. The zero-order chi connectivity index (χ0) is 9.61. The number of carbonyl (C=O) groups is 1. The van der Waals surface area contributed by atoms with Crippen molar-refractivity contribution in [2.24, 2.45) is 0 Å². The maximum Gasteiger partial charge on any atom is 0.334 e. The van der Waals surface area contributed by atoms with E-state index in [1.807, 2.05) is 6.92 Å². The Morgan fingerprint density at radius 3 is 2.58 bits per heavy atom. The number of carbonyl (C=O) groups excluding carboxylic acids is 1. The van der Waals surface area contributed by atoms with Gasteiger partial charge in [-0.1, -0.05) is 13.3 Å². The number of hydrogen-bond acceptors (Lipinski definition) is 2. The summed E-state index contributed by atoms with van der Waals surface area (Å²) in [5, 5.41) is 0. The van der Waals surface area contributed by atoms with Crippen LogP contribution in [-0.4, -0.2) is 17.4 Å². The number of alkyl halides is 3. The van der Waals surface area contributed by atoms with Crippen molar-refractivity contribution >= 4 is 21.9 Å². The van der Waals surface area contributed by atoms with Crippen molar-refractivity contribution < 1.29 is 18.3 Å². The summed E-state index contributed by atoms with van der Waals surface area (Å²) in [5.74, 6) is -0.573. The molecule has 0 N–H and O–H groups in total. The molecule has 0 amide bonds. The summed E-state index contributed by atoms with van der Waals surface area (Å²) in [6.07, 6.45) is 1.73. The molecule has 0 atom stereocenters. The SMILES string of the molecule is CCCCC(=O)OCC(F)(F)Br. The fourth-order valence-electron chi connectivity index (χ4n) is 0.556. The maximum atomic E-state index is 12.0. The number of ether oxygens (including phenoxy) is 1. The second-order valence-electron chi connectivity index (χ2n) is 2.38. The smallest absolute Gasteiger partial charge is 0.334 e. The minimum Gasteiger partial charge on any atom is -0.458 e. The van der Waals surface area contributed by atoms with Crippen molar-refractivity contribution in [2.45, 2.75) is 31.0 Å². The van der Waals surface area contributed by atoms with Gasteiger partial charge in [0.2, 0.25) is 0 Å². The molecule has 2 nitrogen and oxygen atoms in total. The Hall–Kier alpha value is -0.190. The van der Waals surface area contributed by atoms with Crippen LogP contribution >= 0.6 is 15.9 Å². The highest BCUT2D eigenvalue weighted by Crippen LogP contribution is 2.21. The summed E-state index contributed by atoms with van der Waals surface area (Å²) in [5.41, 5.74) is 0. The van der Waals surface area contributed by atoms with Crippen molar-refractivity contribution in [1.82, 2.24) is 0 Å². The first kappa shape index (κ1) is 11.8. The Labute approximate surface area is 78.4 Å². The topological polar surface area (TPSA) is 26.3 Å². The zero-order valence-electron chi connectivity index (χ0n) is 6.78. The fraction of sp³-hybridized carbons (Fsp3) is 0.857. The molecule has 0 heterocycles. The van der Waals surface area contributed by atoms with Crippen LogP contribution in [0.25, 0.3) is 0 Å². The predicted molar refractivity (Wildman–Crippen MR) is 44.4 cm³/mol. The molecule has 12 heavy (non-hydrogen) atoms. The standard InChI is InChI=1S/C7H11BrF2O2/c1-2-3-4-6(11)12-5-7(8,9)10/h2-5H2,1H3. The third-order valence-corrected chi connectivity index (χ3v) is 1.36. The van der Waals surface area contributed by atoms with Crippen LogP contribution < -0.4 is 0 Å². The molecule has 0 spiro atoms. The van der Waals surface area contributed by atoms with Crippen LogP contribution in [0, 0.1) is 0 Å². The van der Waals surface area contributed by atoms with E-state index in [0.717, 1.165) is 6.42 Å². The van der Waals surface area contributed by atoms with Crippen molar-refractivity contribution in [3.05, 3.63) is 0 Å². The molecule has 0 bridgehead atoms. The van der Waals surface area contributed by atoms with Crippen molar-refractivity contribution in [3.63, 3.8) is 0 Å². The first-order chi connectivity index (χ1) is 5.45. The molecule has 0 aliphatic rings. The lowest BCUT2D eigenvalue weighted by Gasteiger charge is -2.08. The van der Waals surface area contributed by atoms with Gasteiger partial charge in [-0.05, 0) is 22.4 Å². The summed E-state index contributed by atoms with van der Waals surface area (Å²) in [4.78, 5) is 7.57. The molecule has 0 aromatic rings. The number of hydrogen-bond donors (Lipinski definition) is 0. The molecular formula is C7H11BrF2O2. The van der Waals surface area contributed by atoms with E-state index in [1.165, 1.54) is 0 Å². The van der Waals surface area contributed by atoms with Gasteiger partial charge in [0.1, 0.15) is 0 Å². The Morgan fingerprint density at radius 2 is 2.17 bits per heavy atom. The summed E-state index contributed by atoms with van der Waals surface area (Å²) >= 11 is 2.06. The average molecular weight is 245 g/mol. The summed E-state index contributed by atoms with van der Waals surface area (Å²) < 4.78 is 28.4. The molecule has 0 saturated carbocycles. The monoisotopic (exact) mass is 244 g/mol. The molecule has 0 aromatic heterocycles. The van der Waals surface area contributed by atoms with E-state index >= 15 is 0 Å². The van der Waals surface area contributed by atoms with Gasteiger partial charge in [-0.15, -0.1) is 0 Å². The maximum absolute atomic E-state index is 12.0. The molecule has 0 aromatic carbocycles. The van der Waals surface area contributed by atoms with E-state index in [4.69, 9.17) is 0 Å². The zero-order valence-corrected chi connectivity index (χ0v) is 8.36. The first-order valence-electron chi connectivity index (χ1n) is 3.68. The van der Waals surface area contributed by atoms with Crippen molar-refractivity contribution in [2.75, 3.05) is 6.61 Å². The predicted octanol–water partition coefficient (Wildman–Crippen LogP) is 2.71. The first-order valence-corrected chi connectivity index (χ1v) is 4.47. The minimum atomic E-state index is -3.10. The van der Waals surface area contributed by atoms with Crippen LogP contribution in [0.15, 0.2) is 0 Å². The van der Waals surface area contributed by atoms with Gasteiger partial charge in [0.25, 0.3) is 0 Å². The Bertz CT molecular complexity index is 145. The lowest BCUT2D eigenvalue weighted by Crippen LogP contribution is -2.18. The van der Waals surface area contributed by atoms with Gasteiger partial charge < -0.3 is 4.74 Å². The van der Waals surface area contributed by atoms with E-state index < -0.39 is 17.4 Å². The molecule has 0 aliphatic heterocycles. The lowest BCUT2D eigenvalue weighted by atomic mass is 10.2. The van der Waals surface area contributed by atoms with E-state index in [-0.39, 0.29) is 6.42 Å². The van der Waals surface area contributed by atoms with Gasteiger partial charge >= 0.3 is 10.8 Å². The molecule has 0 unspecified atom stereocenters. The number of rotatable bonds is 5. The Balaban J connectivity index is 3.44. The van der Waals surface area contributed by atoms with Crippen molar-refractivity contribution in [1.29, 1.82) is 0 Å². The highest BCUT2D eigenvalue weighted by molar-refractivity contribution is 9.10. The highest BCUT2D eigenvalue weighted by Gasteiger charge is 2.25. The highest BCUT2D eigenvalue weighted by atomic mass is 79.9. The lowest BCUT2D eigenvalue weighted by molar-refractivity contribution is -0.148. The molecule has 0 rings (SSSR count). The van der Waals surface area contributed by atoms with Gasteiger partial charge in [0, 0.05) is 6.42 Å². The van der Waals surface area contributed by atoms with Gasteiger partial charge in [-0.25, -0.2) is 0 Å². The van der Waals surface area contributed by atoms with E-state index in [1.54, 1.807) is 0 Å². The van der Waals surface area contributed by atoms with Gasteiger partial charge in [0.05, 0.1) is 0 Å². The third-order valence-electron chi connectivity index (χ3n) is 1.13. The summed E-state index contributed by atoms with van der Waals surface area (Å²) in [7, 11) is 0. The second kappa shape index (κ2) is 5.45. The molecule has 72 valence electrons. The molecule has 0 fully saturated rings. The third kappa shape index (κ3) is 7.91. The number of esters is 1.